The second-order valence-electron chi connectivity index (χ2n) is 2.83. The smallest absolute Gasteiger partial charge is 0.358 e. The second-order valence-corrected chi connectivity index (χ2v) is 3.75. The van der Waals surface area contributed by atoms with E-state index >= 15 is 0 Å². The molecule has 0 radical (unpaired) electrons. The maximum absolute atomic E-state index is 10.6. The highest BCUT2D eigenvalue weighted by atomic mass is 79.9. The van der Waals surface area contributed by atoms with Gasteiger partial charge in [0.2, 0.25) is 0 Å². The Bertz CT molecular complexity index is 492. The molecule has 76 valence electrons. The van der Waals surface area contributed by atoms with Gasteiger partial charge in [-0.15, -0.1) is 5.10 Å². The molecule has 1 aromatic heterocycles. The highest BCUT2D eigenvalue weighted by Gasteiger charge is 2.08. The standard InChI is InChI=1S/C9H6BrN3O2/c10-6-1-3-7(4-2-6)13-5-8(9(14)15)11-12-13/h1-5H,(H,14,15). The molecule has 0 aliphatic heterocycles. The highest BCUT2D eigenvalue weighted by Crippen LogP contribution is 2.13. The van der Waals surface area contributed by atoms with Gasteiger partial charge in [0, 0.05) is 4.47 Å². The van der Waals surface area contributed by atoms with E-state index in [-0.39, 0.29) is 5.69 Å². The molecule has 0 unspecified atom stereocenters. The molecule has 0 atom stereocenters. The van der Waals surface area contributed by atoms with Crippen molar-refractivity contribution in [2.75, 3.05) is 0 Å². The van der Waals surface area contributed by atoms with Crippen LogP contribution < -0.4 is 0 Å². The van der Waals surface area contributed by atoms with E-state index in [9.17, 15) is 4.79 Å². The van der Waals surface area contributed by atoms with Crippen molar-refractivity contribution >= 4 is 21.9 Å². The van der Waals surface area contributed by atoms with Gasteiger partial charge in [-0.2, -0.15) is 0 Å². The maximum atomic E-state index is 10.6. The van der Waals surface area contributed by atoms with E-state index in [0.29, 0.717) is 0 Å². The third kappa shape index (κ3) is 2.04. The van der Waals surface area contributed by atoms with Crippen LogP contribution in [-0.2, 0) is 0 Å². The molecule has 2 rings (SSSR count). The number of rotatable bonds is 2. The Hall–Kier alpha value is -1.69. The van der Waals surface area contributed by atoms with Crippen LogP contribution in [0.3, 0.4) is 0 Å². The van der Waals surface area contributed by atoms with E-state index in [0.717, 1.165) is 10.2 Å². The van der Waals surface area contributed by atoms with Crippen molar-refractivity contribution in [3.63, 3.8) is 0 Å². The summed E-state index contributed by atoms with van der Waals surface area (Å²) in [6.07, 6.45) is 1.37. The third-order valence-corrected chi connectivity index (χ3v) is 2.33. The van der Waals surface area contributed by atoms with Gasteiger partial charge in [-0.3, -0.25) is 0 Å². The van der Waals surface area contributed by atoms with Crippen LogP contribution in [0.4, 0.5) is 0 Å². The Kier molecular flexibility index (Phi) is 2.51. The summed E-state index contributed by atoms with van der Waals surface area (Å²) in [4.78, 5) is 10.6. The number of benzene rings is 1. The second kappa shape index (κ2) is 3.82. The van der Waals surface area contributed by atoms with E-state index in [1.54, 1.807) is 0 Å². The highest BCUT2D eigenvalue weighted by molar-refractivity contribution is 9.10. The quantitative estimate of drug-likeness (QED) is 0.900. The Balaban J connectivity index is 2.37. The van der Waals surface area contributed by atoms with E-state index in [4.69, 9.17) is 5.11 Å². The van der Waals surface area contributed by atoms with Crippen molar-refractivity contribution in [3.05, 3.63) is 40.6 Å². The lowest BCUT2D eigenvalue weighted by Crippen LogP contribution is -1.95. The van der Waals surface area contributed by atoms with Crippen LogP contribution >= 0.6 is 15.9 Å². The minimum atomic E-state index is -1.08. The molecule has 0 saturated heterocycles. The summed E-state index contributed by atoms with van der Waals surface area (Å²) in [7, 11) is 0. The lowest BCUT2D eigenvalue weighted by atomic mass is 10.3. The van der Waals surface area contributed by atoms with Crippen molar-refractivity contribution in [2.45, 2.75) is 0 Å². The molecule has 0 aliphatic carbocycles. The number of nitrogens with zero attached hydrogens (tertiary/aromatic N) is 3. The van der Waals surface area contributed by atoms with E-state index < -0.39 is 5.97 Å². The summed E-state index contributed by atoms with van der Waals surface area (Å²) in [6, 6.07) is 7.31. The normalized spacial score (nSPS) is 10.2. The first-order chi connectivity index (χ1) is 7.16. The Labute approximate surface area is 93.5 Å². The molecule has 15 heavy (non-hydrogen) atoms. The van der Waals surface area contributed by atoms with Crippen LogP contribution in [0.1, 0.15) is 10.5 Å². The summed E-state index contributed by atoms with van der Waals surface area (Å²) < 4.78 is 2.36. The predicted molar refractivity (Wildman–Crippen MR) is 56.0 cm³/mol. The summed E-state index contributed by atoms with van der Waals surface area (Å²) in [5.74, 6) is -1.08. The average molecular weight is 268 g/mol. The number of halogens is 1. The average Bonchev–Trinajstić information content (AvgIpc) is 2.68. The summed E-state index contributed by atoms with van der Waals surface area (Å²) >= 11 is 3.31. The molecule has 0 fully saturated rings. The molecule has 1 aromatic carbocycles. The molecule has 6 heteroatoms. The number of hydrogen-bond donors (Lipinski definition) is 1. The topological polar surface area (TPSA) is 68.0 Å². The summed E-state index contributed by atoms with van der Waals surface area (Å²) in [6.45, 7) is 0. The third-order valence-electron chi connectivity index (χ3n) is 1.80. The lowest BCUT2D eigenvalue weighted by Gasteiger charge is -1.98. The van der Waals surface area contributed by atoms with Crippen LogP contribution in [0.25, 0.3) is 5.69 Å². The van der Waals surface area contributed by atoms with Gasteiger partial charge in [0.25, 0.3) is 0 Å². The molecule has 0 aliphatic rings. The molecule has 0 bridgehead atoms. The minimum absolute atomic E-state index is 0.0714. The van der Waals surface area contributed by atoms with Crippen molar-refractivity contribution in [2.24, 2.45) is 0 Å². The molecular weight excluding hydrogens is 262 g/mol. The van der Waals surface area contributed by atoms with Crippen LogP contribution in [0.5, 0.6) is 0 Å². The first-order valence-corrected chi connectivity index (χ1v) is 4.88. The summed E-state index contributed by atoms with van der Waals surface area (Å²) in [5, 5.41) is 15.9. The predicted octanol–water partition coefficient (Wildman–Crippen LogP) is 1.73. The molecule has 1 N–H and O–H groups in total. The number of aromatic nitrogens is 3. The number of carboxylic acid groups (broad SMARTS) is 1. The molecule has 0 amide bonds. The zero-order chi connectivity index (χ0) is 10.8. The molecule has 2 aromatic rings. The fourth-order valence-corrected chi connectivity index (χ4v) is 1.35. The van der Waals surface area contributed by atoms with Crippen molar-refractivity contribution in [1.29, 1.82) is 0 Å². The van der Waals surface area contributed by atoms with Gasteiger partial charge < -0.3 is 5.11 Å². The number of hydrogen-bond acceptors (Lipinski definition) is 3. The SMILES string of the molecule is O=C(O)c1cn(-c2ccc(Br)cc2)nn1. The zero-order valence-electron chi connectivity index (χ0n) is 7.46. The lowest BCUT2D eigenvalue weighted by molar-refractivity contribution is 0.0690. The monoisotopic (exact) mass is 267 g/mol. The van der Waals surface area contributed by atoms with Crippen LogP contribution in [-0.4, -0.2) is 26.1 Å². The van der Waals surface area contributed by atoms with Crippen molar-refractivity contribution < 1.29 is 9.90 Å². The molecule has 5 nitrogen and oxygen atoms in total. The first-order valence-electron chi connectivity index (χ1n) is 4.08. The number of aromatic carboxylic acids is 1. The zero-order valence-corrected chi connectivity index (χ0v) is 9.05. The molecule has 0 saturated carbocycles. The number of carbonyl (C=O) groups is 1. The number of carboxylic acids is 1. The van der Waals surface area contributed by atoms with Gasteiger partial charge in [0.15, 0.2) is 5.69 Å². The Morgan fingerprint density at radius 3 is 2.53 bits per heavy atom. The van der Waals surface area contributed by atoms with E-state index in [1.165, 1.54) is 10.9 Å². The Morgan fingerprint density at radius 1 is 1.33 bits per heavy atom. The molecular formula is C9H6BrN3O2. The van der Waals surface area contributed by atoms with Crippen molar-refractivity contribution in [1.82, 2.24) is 15.0 Å². The van der Waals surface area contributed by atoms with Crippen molar-refractivity contribution in [3.8, 4) is 5.69 Å². The van der Waals surface area contributed by atoms with Gasteiger partial charge in [0.1, 0.15) is 0 Å². The van der Waals surface area contributed by atoms with E-state index in [2.05, 4.69) is 26.2 Å². The fourth-order valence-electron chi connectivity index (χ4n) is 1.08. The van der Waals surface area contributed by atoms with Crippen LogP contribution in [0, 0.1) is 0 Å². The van der Waals surface area contributed by atoms with Crippen LogP contribution in [0.2, 0.25) is 0 Å². The van der Waals surface area contributed by atoms with Gasteiger partial charge in [-0.25, -0.2) is 9.48 Å². The molecule has 0 spiro atoms. The van der Waals surface area contributed by atoms with Gasteiger partial charge in [-0.05, 0) is 24.3 Å². The van der Waals surface area contributed by atoms with Gasteiger partial charge >= 0.3 is 5.97 Å². The van der Waals surface area contributed by atoms with E-state index in [1.807, 2.05) is 24.3 Å². The van der Waals surface area contributed by atoms with Gasteiger partial charge in [0.05, 0.1) is 11.9 Å². The van der Waals surface area contributed by atoms with Crippen LogP contribution in [0.15, 0.2) is 34.9 Å². The minimum Gasteiger partial charge on any atom is -0.476 e. The summed E-state index contributed by atoms with van der Waals surface area (Å²) in [5.41, 5.74) is 0.691. The molecule has 1 heterocycles. The largest absolute Gasteiger partial charge is 0.476 e. The first kappa shape index (κ1) is 9.85. The maximum Gasteiger partial charge on any atom is 0.358 e. The van der Waals surface area contributed by atoms with Gasteiger partial charge in [-0.1, -0.05) is 21.1 Å². The Morgan fingerprint density at radius 2 is 2.00 bits per heavy atom. The fraction of sp³-hybridized carbons (Fsp3) is 0.